The summed E-state index contributed by atoms with van der Waals surface area (Å²) >= 11 is 0. The fourth-order valence-corrected chi connectivity index (χ4v) is 4.63. The van der Waals surface area contributed by atoms with Crippen LogP contribution in [-0.4, -0.2) is 53.3 Å². The Morgan fingerprint density at radius 2 is 1.41 bits per heavy atom. The van der Waals surface area contributed by atoms with E-state index in [9.17, 15) is 14.4 Å². The van der Waals surface area contributed by atoms with Crippen LogP contribution in [-0.2, 0) is 27.2 Å². The van der Waals surface area contributed by atoms with Crippen molar-refractivity contribution < 1.29 is 14.4 Å². The number of carbonyl (C=O) groups is 3. The Hall–Kier alpha value is -3.61. The molecule has 0 aromatic heterocycles. The highest BCUT2D eigenvalue weighted by atomic mass is 16.2. The van der Waals surface area contributed by atoms with Gasteiger partial charge in [0.2, 0.25) is 17.7 Å². The molecule has 7 nitrogen and oxygen atoms in total. The number of nitrogens with one attached hydrogen (secondary N) is 3. The van der Waals surface area contributed by atoms with Crippen molar-refractivity contribution in [3.05, 3.63) is 84.1 Å². The lowest BCUT2D eigenvalue weighted by atomic mass is 10.0. The predicted octanol–water partition coefficient (Wildman–Crippen LogP) is 1.94. The summed E-state index contributed by atoms with van der Waals surface area (Å²) in [5.41, 5.74) is 2.48. The maximum atomic E-state index is 13.6. The number of rotatable bonds is 4. The number of nitrogens with zero attached hydrogens (tertiary/aromatic N) is 1. The molecule has 2 aromatic carbocycles. The van der Waals surface area contributed by atoms with E-state index in [1.165, 1.54) is 0 Å². The zero-order valence-corrected chi connectivity index (χ0v) is 19.5. The zero-order chi connectivity index (χ0) is 24.1. The highest BCUT2D eigenvalue weighted by Gasteiger charge is 2.39. The lowest BCUT2D eigenvalue weighted by molar-refractivity contribution is -0.142. The topological polar surface area (TPSA) is 90.5 Å². The first-order valence-electron chi connectivity index (χ1n) is 11.9. The van der Waals surface area contributed by atoms with E-state index in [1.807, 2.05) is 67.6 Å². The molecular formula is C27H32N4O3. The van der Waals surface area contributed by atoms with Gasteiger partial charge in [-0.1, -0.05) is 67.2 Å². The lowest BCUT2D eigenvalue weighted by Crippen LogP contribution is -2.59. The molecule has 3 amide bonds. The van der Waals surface area contributed by atoms with Gasteiger partial charge >= 0.3 is 0 Å². The zero-order valence-electron chi connectivity index (χ0n) is 19.5. The van der Waals surface area contributed by atoms with Gasteiger partial charge in [0.25, 0.3) is 0 Å². The Morgan fingerprint density at radius 1 is 0.824 bits per heavy atom. The van der Waals surface area contributed by atoms with E-state index < -0.39 is 24.2 Å². The van der Waals surface area contributed by atoms with Crippen LogP contribution in [0.2, 0.25) is 0 Å². The fourth-order valence-electron chi connectivity index (χ4n) is 4.63. The van der Waals surface area contributed by atoms with Crippen molar-refractivity contribution in [1.82, 2.24) is 20.9 Å². The Morgan fingerprint density at radius 3 is 2.03 bits per heavy atom. The molecule has 0 saturated carbocycles. The summed E-state index contributed by atoms with van der Waals surface area (Å²) in [4.78, 5) is 41.8. The number of fused-ring (bicyclic) bond motifs is 1. The maximum absolute atomic E-state index is 13.6. The van der Waals surface area contributed by atoms with Crippen molar-refractivity contribution in [1.29, 1.82) is 0 Å². The molecule has 2 aliphatic rings. The van der Waals surface area contributed by atoms with Gasteiger partial charge in [-0.25, -0.2) is 0 Å². The monoisotopic (exact) mass is 460 g/mol. The lowest BCUT2D eigenvalue weighted by Gasteiger charge is -2.33. The Kier molecular flexibility index (Phi) is 7.30. The first-order valence-corrected chi connectivity index (χ1v) is 11.9. The molecule has 34 heavy (non-hydrogen) atoms. The van der Waals surface area contributed by atoms with Gasteiger partial charge in [-0.3, -0.25) is 14.4 Å². The molecule has 1 unspecified atom stereocenters. The second-order valence-corrected chi connectivity index (χ2v) is 9.08. The van der Waals surface area contributed by atoms with Crippen LogP contribution in [0.5, 0.6) is 0 Å². The van der Waals surface area contributed by atoms with Crippen molar-refractivity contribution in [2.75, 3.05) is 6.54 Å². The molecule has 2 aliphatic heterocycles. The van der Waals surface area contributed by atoms with Crippen molar-refractivity contribution in [2.24, 2.45) is 0 Å². The SMILES string of the molecule is C=C1N[C@@H](Cc2ccccc2)C(=O)N[C@@H](Cc2ccccc2)C(=O)N2CCCC2C(=O)N[C@H]1C. The summed E-state index contributed by atoms with van der Waals surface area (Å²) in [6.45, 7) is 6.41. The molecule has 4 rings (SSSR count). The minimum atomic E-state index is -0.770. The molecule has 7 heteroatoms. The number of amides is 3. The summed E-state index contributed by atoms with van der Waals surface area (Å²) in [6, 6.07) is 17.0. The van der Waals surface area contributed by atoms with Crippen molar-refractivity contribution in [3.63, 3.8) is 0 Å². The molecule has 3 N–H and O–H groups in total. The third kappa shape index (κ3) is 5.47. The van der Waals surface area contributed by atoms with Gasteiger partial charge in [0.15, 0.2) is 0 Å². The predicted molar refractivity (Wildman–Crippen MR) is 131 cm³/mol. The minimum absolute atomic E-state index is 0.189. The van der Waals surface area contributed by atoms with E-state index in [1.54, 1.807) is 4.90 Å². The second kappa shape index (κ2) is 10.5. The third-order valence-corrected chi connectivity index (χ3v) is 6.58. The summed E-state index contributed by atoms with van der Waals surface area (Å²) < 4.78 is 0. The van der Waals surface area contributed by atoms with E-state index in [2.05, 4.69) is 22.5 Å². The summed E-state index contributed by atoms with van der Waals surface area (Å²) in [5, 5.41) is 9.19. The Bertz CT molecular complexity index is 1040. The van der Waals surface area contributed by atoms with Crippen LogP contribution in [0.4, 0.5) is 0 Å². The first kappa shape index (κ1) is 23.5. The van der Waals surface area contributed by atoms with Gasteiger partial charge in [-0.05, 0) is 30.9 Å². The van der Waals surface area contributed by atoms with E-state index in [4.69, 9.17) is 0 Å². The van der Waals surface area contributed by atoms with Crippen molar-refractivity contribution >= 4 is 17.7 Å². The molecule has 0 bridgehead atoms. The summed E-state index contributed by atoms with van der Waals surface area (Å²) in [6.07, 6.45) is 2.13. The number of benzene rings is 2. The van der Waals surface area contributed by atoms with Gasteiger partial charge in [0.05, 0.1) is 6.04 Å². The fraction of sp³-hybridized carbons (Fsp3) is 0.370. The first-order chi connectivity index (χ1) is 16.4. The molecule has 0 spiro atoms. The van der Waals surface area contributed by atoms with E-state index >= 15 is 0 Å². The summed E-state index contributed by atoms with van der Waals surface area (Å²) in [5.74, 6) is -0.680. The van der Waals surface area contributed by atoms with Gasteiger partial charge in [-0.15, -0.1) is 0 Å². The average molecular weight is 461 g/mol. The quantitative estimate of drug-likeness (QED) is 0.651. The Labute approximate surface area is 200 Å². The van der Waals surface area contributed by atoms with Crippen LogP contribution in [0.15, 0.2) is 72.9 Å². The van der Waals surface area contributed by atoms with Crippen LogP contribution in [0.25, 0.3) is 0 Å². The maximum Gasteiger partial charge on any atom is 0.246 e. The normalized spacial score (nSPS) is 26.0. The third-order valence-electron chi connectivity index (χ3n) is 6.58. The van der Waals surface area contributed by atoms with Crippen LogP contribution >= 0.6 is 0 Å². The second-order valence-electron chi connectivity index (χ2n) is 9.08. The molecule has 2 aromatic rings. The smallest absolute Gasteiger partial charge is 0.246 e. The van der Waals surface area contributed by atoms with Crippen LogP contribution in [0.1, 0.15) is 30.9 Å². The molecule has 2 saturated heterocycles. The van der Waals surface area contributed by atoms with Crippen molar-refractivity contribution in [2.45, 2.75) is 56.8 Å². The average Bonchev–Trinajstić information content (AvgIpc) is 3.33. The molecule has 4 atom stereocenters. The Balaban J connectivity index is 1.66. The molecule has 2 fully saturated rings. The van der Waals surface area contributed by atoms with Gasteiger partial charge < -0.3 is 20.9 Å². The largest absolute Gasteiger partial charge is 0.376 e. The molecule has 0 radical (unpaired) electrons. The standard InChI is InChI=1S/C27H32N4O3/c1-18-19(2)29-26(33)24-14-9-15-31(24)27(34)23(17-21-12-7-4-8-13-21)30-25(32)22(28-18)16-20-10-5-3-6-11-20/h3-8,10-13,19,22-24,28H,1,9,14-17H2,2H3,(H,29,33)(H,30,32)/t19-,22-,23-,24?/m0/s1. The minimum Gasteiger partial charge on any atom is -0.376 e. The summed E-state index contributed by atoms with van der Waals surface area (Å²) in [7, 11) is 0. The highest BCUT2D eigenvalue weighted by molar-refractivity contribution is 5.94. The van der Waals surface area contributed by atoms with E-state index in [0.29, 0.717) is 31.5 Å². The molecule has 2 heterocycles. The molecule has 178 valence electrons. The number of hydrogen-bond donors (Lipinski definition) is 3. The van der Waals surface area contributed by atoms with Gasteiger partial charge in [0, 0.05) is 25.1 Å². The van der Waals surface area contributed by atoms with E-state index in [-0.39, 0.29) is 17.7 Å². The van der Waals surface area contributed by atoms with E-state index in [0.717, 1.165) is 17.5 Å². The van der Waals surface area contributed by atoms with Crippen LogP contribution in [0.3, 0.4) is 0 Å². The number of hydrogen-bond acceptors (Lipinski definition) is 4. The highest BCUT2D eigenvalue weighted by Crippen LogP contribution is 2.21. The van der Waals surface area contributed by atoms with Gasteiger partial charge in [0.1, 0.15) is 18.1 Å². The van der Waals surface area contributed by atoms with Crippen molar-refractivity contribution in [3.8, 4) is 0 Å². The number of carbonyl (C=O) groups excluding carboxylic acids is 3. The van der Waals surface area contributed by atoms with Gasteiger partial charge in [-0.2, -0.15) is 0 Å². The molecular weight excluding hydrogens is 428 g/mol. The van der Waals surface area contributed by atoms with Crippen LogP contribution < -0.4 is 16.0 Å². The van der Waals surface area contributed by atoms with Crippen LogP contribution in [0, 0.1) is 0 Å². The molecule has 0 aliphatic carbocycles.